The fourth-order valence-electron chi connectivity index (χ4n) is 1.67. The Morgan fingerprint density at radius 1 is 1.53 bits per heavy atom. The van der Waals surface area contributed by atoms with Crippen LogP contribution in [0.25, 0.3) is 0 Å². The molecule has 0 radical (unpaired) electrons. The predicted molar refractivity (Wildman–Crippen MR) is 78.8 cm³/mol. The maximum absolute atomic E-state index is 9.08. The Labute approximate surface area is 121 Å². The predicted octanol–water partition coefficient (Wildman–Crippen LogP) is 4.05. The van der Waals surface area contributed by atoms with Gasteiger partial charge in [0.1, 0.15) is 4.34 Å². The van der Waals surface area contributed by atoms with Gasteiger partial charge in [-0.05, 0) is 33.8 Å². The summed E-state index contributed by atoms with van der Waals surface area (Å²) in [4.78, 5) is 1.20. The van der Waals surface area contributed by atoms with Crippen LogP contribution in [-0.4, -0.2) is 17.8 Å². The highest BCUT2D eigenvalue weighted by Gasteiger charge is 2.23. The number of aliphatic hydroxyl groups is 1. The van der Waals surface area contributed by atoms with E-state index in [9.17, 15) is 0 Å². The molecule has 98 valence electrons. The Hall–Kier alpha value is 0.390. The van der Waals surface area contributed by atoms with E-state index in [2.05, 4.69) is 42.0 Å². The van der Waals surface area contributed by atoms with Gasteiger partial charge in [0, 0.05) is 28.5 Å². The maximum Gasteiger partial charge on any atom is 0.107 e. The Bertz CT molecular complexity index is 342. The van der Waals surface area contributed by atoms with Crippen molar-refractivity contribution in [2.24, 2.45) is 5.41 Å². The van der Waals surface area contributed by atoms with Crippen molar-refractivity contribution in [2.75, 3.05) is 6.61 Å². The molecule has 0 aliphatic heterocycles. The van der Waals surface area contributed by atoms with E-state index in [1.807, 2.05) is 6.07 Å². The van der Waals surface area contributed by atoms with Crippen LogP contribution in [0, 0.1) is 5.41 Å². The van der Waals surface area contributed by atoms with Gasteiger partial charge in [0.25, 0.3) is 0 Å². The fraction of sp³-hybridized carbons (Fsp3) is 0.667. The minimum absolute atomic E-state index is 0.140. The summed E-state index contributed by atoms with van der Waals surface area (Å²) in [5.74, 6) is 0. The molecule has 0 saturated heterocycles. The summed E-state index contributed by atoms with van der Waals surface area (Å²) >= 11 is 11.0. The largest absolute Gasteiger partial charge is 0.396 e. The second kappa shape index (κ2) is 6.53. The molecule has 1 unspecified atom stereocenters. The van der Waals surface area contributed by atoms with E-state index in [4.69, 9.17) is 16.7 Å². The highest BCUT2D eigenvalue weighted by molar-refractivity contribution is 9.10. The average Bonchev–Trinajstić information content (AvgIpc) is 2.51. The topological polar surface area (TPSA) is 32.3 Å². The molecule has 0 aliphatic rings. The van der Waals surface area contributed by atoms with Crippen LogP contribution in [0.2, 0.25) is 4.34 Å². The Kier molecular flexibility index (Phi) is 5.93. The summed E-state index contributed by atoms with van der Waals surface area (Å²) in [6, 6.07) is 2.34. The first kappa shape index (κ1) is 15.4. The monoisotopic (exact) mass is 339 g/mol. The van der Waals surface area contributed by atoms with Crippen molar-refractivity contribution >= 4 is 38.9 Å². The maximum atomic E-state index is 9.08. The molecule has 1 aromatic rings. The van der Waals surface area contributed by atoms with Crippen molar-refractivity contribution in [3.05, 3.63) is 19.8 Å². The quantitative estimate of drug-likeness (QED) is 0.847. The number of hydrogen-bond acceptors (Lipinski definition) is 3. The molecule has 0 aliphatic carbocycles. The van der Waals surface area contributed by atoms with Gasteiger partial charge < -0.3 is 10.4 Å². The van der Waals surface area contributed by atoms with Crippen molar-refractivity contribution in [3.63, 3.8) is 0 Å². The standard InChI is InChI=1S/C12H19BrClNOS/c1-12(2,3)10(4-5-16)15-7-8-6-9(13)11(14)17-8/h6,10,15-16H,4-5,7H2,1-3H3. The van der Waals surface area contributed by atoms with Gasteiger partial charge in [-0.1, -0.05) is 32.4 Å². The summed E-state index contributed by atoms with van der Waals surface area (Å²) in [5, 5.41) is 12.6. The van der Waals surface area contributed by atoms with Gasteiger partial charge in [-0.3, -0.25) is 0 Å². The zero-order chi connectivity index (χ0) is 13.1. The van der Waals surface area contributed by atoms with Crippen LogP contribution < -0.4 is 5.32 Å². The molecule has 0 saturated carbocycles. The highest BCUT2D eigenvalue weighted by atomic mass is 79.9. The Morgan fingerprint density at radius 2 is 2.18 bits per heavy atom. The number of rotatable bonds is 5. The smallest absolute Gasteiger partial charge is 0.107 e. The summed E-state index contributed by atoms with van der Waals surface area (Å²) in [6.45, 7) is 7.54. The van der Waals surface area contributed by atoms with Crippen molar-refractivity contribution in [2.45, 2.75) is 39.8 Å². The van der Waals surface area contributed by atoms with Crippen molar-refractivity contribution in [3.8, 4) is 0 Å². The molecule has 0 amide bonds. The first-order valence-corrected chi connectivity index (χ1v) is 7.61. The second-order valence-electron chi connectivity index (χ2n) is 5.15. The Balaban J connectivity index is 2.57. The second-order valence-corrected chi connectivity index (χ2v) is 7.74. The molecule has 1 heterocycles. The van der Waals surface area contributed by atoms with Crippen LogP contribution in [0.3, 0.4) is 0 Å². The molecule has 1 rings (SSSR count). The third kappa shape index (κ3) is 4.87. The zero-order valence-electron chi connectivity index (χ0n) is 10.4. The van der Waals surface area contributed by atoms with Crippen LogP contribution in [0.15, 0.2) is 10.5 Å². The van der Waals surface area contributed by atoms with Crippen molar-refractivity contribution < 1.29 is 5.11 Å². The molecule has 1 aromatic heterocycles. The number of halogens is 2. The minimum Gasteiger partial charge on any atom is -0.396 e. The van der Waals surface area contributed by atoms with Crippen LogP contribution >= 0.6 is 38.9 Å². The van der Waals surface area contributed by atoms with Gasteiger partial charge in [0.15, 0.2) is 0 Å². The average molecular weight is 341 g/mol. The van der Waals surface area contributed by atoms with Crippen LogP contribution in [0.1, 0.15) is 32.1 Å². The van der Waals surface area contributed by atoms with Gasteiger partial charge in [0.2, 0.25) is 0 Å². The van der Waals surface area contributed by atoms with Gasteiger partial charge in [-0.25, -0.2) is 0 Å². The van der Waals surface area contributed by atoms with E-state index in [1.165, 1.54) is 4.88 Å². The molecule has 17 heavy (non-hydrogen) atoms. The van der Waals surface area contributed by atoms with E-state index in [1.54, 1.807) is 11.3 Å². The third-order valence-electron chi connectivity index (χ3n) is 2.68. The number of thiophene rings is 1. The third-order valence-corrected chi connectivity index (χ3v) is 5.16. The van der Waals surface area contributed by atoms with Gasteiger partial charge in [-0.2, -0.15) is 0 Å². The molecule has 0 spiro atoms. The van der Waals surface area contributed by atoms with E-state index in [0.29, 0.717) is 6.04 Å². The lowest BCUT2D eigenvalue weighted by atomic mass is 9.85. The molecule has 2 nitrogen and oxygen atoms in total. The molecule has 0 fully saturated rings. The number of aliphatic hydroxyl groups excluding tert-OH is 1. The first-order chi connectivity index (χ1) is 7.84. The van der Waals surface area contributed by atoms with E-state index in [-0.39, 0.29) is 12.0 Å². The minimum atomic E-state index is 0.140. The van der Waals surface area contributed by atoms with Crippen molar-refractivity contribution in [1.82, 2.24) is 5.32 Å². The summed E-state index contributed by atoms with van der Waals surface area (Å²) in [7, 11) is 0. The van der Waals surface area contributed by atoms with E-state index >= 15 is 0 Å². The molecule has 1 atom stereocenters. The van der Waals surface area contributed by atoms with Gasteiger partial charge >= 0.3 is 0 Å². The molecule has 0 bridgehead atoms. The van der Waals surface area contributed by atoms with Crippen molar-refractivity contribution in [1.29, 1.82) is 0 Å². The fourth-order valence-corrected chi connectivity index (χ4v) is 3.41. The van der Waals surface area contributed by atoms with E-state index < -0.39 is 0 Å². The van der Waals surface area contributed by atoms with E-state index in [0.717, 1.165) is 21.8 Å². The molecule has 2 N–H and O–H groups in total. The molecular formula is C12H19BrClNOS. The summed E-state index contributed by atoms with van der Waals surface area (Å²) < 4.78 is 1.74. The zero-order valence-corrected chi connectivity index (χ0v) is 13.5. The highest BCUT2D eigenvalue weighted by Crippen LogP contribution is 2.32. The SMILES string of the molecule is CC(C)(C)C(CCO)NCc1cc(Br)c(Cl)s1. The molecule has 5 heteroatoms. The number of hydrogen-bond donors (Lipinski definition) is 2. The molecular weight excluding hydrogens is 322 g/mol. The summed E-state index contributed by atoms with van der Waals surface area (Å²) in [6.07, 6.45) is 0.768. The lowest BCUT2D eigenvalue weighted by molar-refractivity contribution is 0.197. The lowest BCUT2D eigenvalue weighted by Crippen LogP contribution is -2.40. The Morgan fingerprint density at radius 3 is 2.59 bits per heavy atom. The first-order valence-electron chi connectivity index (χ1n) is 5.62. The van der Waals surface area contributed by atoms with Crippen LogP contribution in [0.5, 0.6) is 0 Å². The summed E-state index contributed by atoms with van der Waals surface area (Å²) in [5.41, 5.74) is 0.140. The lowest BCUT2D eigenvalue weighted by Gasteiger charge is -2.31. The normalized spacial score (nSPS) is 14.0. The van der Waals surface area contributed by atoms with Gasteiger partial charge in [0.05, 0.1) is 0 Å². The number of nitrogens with one attached hydrogen (secondary N) is 1. The van der Waals surface area contributed by atoms with Crippen LogP contribution in [0.4, 0.5) is 0 Å². The van der Waals surface area contributed by atoms with Gasteiger partial charge in [-0.15, -0.1) is 11.3 Å². The molecule has 0 aromatic carbocycles. The van der Waals surface area contributed by atoms with Crippen LogP contribution in [-0.2, 0) is 6.54 Å².